The SMILES string of the molecule is COC(C(=O)N(C)C1CNC1)c1ccccc1. The molecule has 0 aliphatic carbocycles. The summed E-state index contributed by atoms with van der Waals surface area (Å²) in [4.78, 5) is 14.1. The molecule has 1 heterocycles. The number of carbonyl (C=O) groups is 1. The number of carbonyl (C=O) groups excluding carboxylic acids is 1. The van der Waals surface area contributed by atoms with Crippen molar-refractivity contribution < 1.29 is 9.53 Å². The number of hydrogen-bond acceptors (Lipinski definition) is 3. The fourth-order valence-corrected chi connectivity index (χ4v) is 1.92. The summed E-state index contributed by atoms with van der Waals surface area (Å²) in [5.41, 5.74) is 0.902. The molecule has 1 aliphatic heterocycles. The van der Waals surface area contributed by atoms with Crippen molar-refractivity contribution >= 4 is 5.91 Å². The van der Waals surface area contributed by atoms with E-state index in [4.69, 9.17) is 4.74 Å². The Morgan fingerprint density at radius 1 is 1.41 bits per heavy atom. The third-order valence-electron chi connectivity index (χ3n) is 3.22. The predicted octanol–water partition coefficient (Wildman–Crippen LogP) is 0.804. The highest BCUT2D eigenvalue weighted by atomic mass is 16.5. The molecule has 1 N–H and O–H groups in total. The molecule has 4 heteroatoms. The summed E-state index contributed by atoms with van der Waals surface area (Å²) in [6.45, 7) is 1.74. The van der Waals surface area contributed by atoms with Crippen LogP contribution in [0.5, 0.6) is 0 Å². The fourth-order valence-electron chi connectivity index (χ4n) is 1.92. The maximum atomic E-state index is 12.3. The molecule has 2 rings (SSSR count). The number of likely N-dealkylation sites (N-methyl/N-ethyl adjacent to an activating group) is 1. The summed E-state index contributed by atoms with van der Waals surface area (Å²) in [6.07, 6.45) is -0.498. The van der Waals surface area contributed by atoms with E-state index < -0.39 is 6.10 Å². The first kappa shape index (κ1) is 12.1. The quantitative estimate of drug-likeness (QED) is 0.838. The molecule has 1 aromatic carbocycles. The highest BCUT2D eigenvalue weighted by Crippen LogP contribution is 2.20. The number of nitrogens with zero attached hydrogens (tertiary/aromatic N) is 1. The molecule has 1 fully saturated rings. The Morgan fingerprint density at radius 3 is 2.53 bits per heavy atom. The van der Waals surface area contributed by atoms with Crippen LogP contribution in [0.1, 0.15) is 11.7 Å². The Bertz CT molecular complexity index is 376. The Labute approximate surface area is 102 Å². The van der Waals surface area contributed by atoms with Gasteiger partial charge in [-0.05, 0) is 5.56 Å². The van der Waals surface area contributed by atoms with E-state index in [9.17, 15) is 4.79 Å². The molecular formula is C13H18N2O2. The van der Waals surface area contributed by atoms with Gasteiger partial charge in [-0.15, -0.1) is 0 Å². The van der Waals surface area contributed by atoms with E-state index >= 15 is 0 Å². The van der Waals surface area contributed by atoms with E-state index in [0.29, 0.717) is 6.04 Å². The van der Waals surface area contributed by atoms with E-state index in [1.165, 1.54) is 0 Å². The molecular weight excluding hydrogens is 216 g/mol. The molecule has 1 atom stereocenters. The number of benzene rings is 1. The fraction of sp³-hybridized carbons (Fsp3) is 0.462. The summed E-state index contributed by atoms with van der Waals surface area (Å²) in [6, 6.07) is 9.89. The Kier molecular flexibility index (Phi) is 3.76. The molecule has 0 spiro atoms. The highest BCUT2D eigenvalue weighted by Gasteiger charge is 2.30. The first-order valence-electron chi connectivity index (χ1n) is 5.79. The van der Waals surface area contributed by atoms with E-state index in [0.717, 1.165) is 18.7 Å². The molecule has 1 amide bonds. The number of hydrogen-bond donors (Lipinski definition) is 1. The molecule has 17 heavy (non-hydrogen) atoms. The van der Waals surface area contributed by atoms with Crippen LogP contribution >= 0.6 is 0 Å². The van der Waals surface area contributed by atoms with Crippen molar-refractivity contribution in [3.05, 3.63) is 35.9 Å². The van der Waals surface area contributed by atoms with Crippen molar-refractivity contribution in [1.82, 2.24) is 10.2 Å². The van der Waals surface area contributed by atoms with Crippen molar-refractivity contribution in [3.8, 4) is 0 Å². The van der Waals surface area contributed by atoms with Gasteiger partial charge in [0.2, 0.25) is 0 Å². The monoisotopic (exact) mass is 234 g/mol. The molecule has 4 nitrogen and oxygen atoms in total. The van der Waals surface area contributed by atoms with Crippen molar-refractivity contribution in [2.45, 2.75) is 12.1 Å². The van der Waals surface area contributed by atoms with Crippen LogP contribution in [-0.4, -0.2) is 44.1 Å². The number of amides is 1. The minimum Gasteiger partial charge on any atom is -0.367 e. The molecule has 0 saturated carbocycles. The van der Waals surface area contributed by atoms with Crippen LogP contribution in [0.25, 0.3) is 0 Å². The van der Waals surface area contributed by atoms with Crippen LogP contribution in [0.4, 0.5) is 0 Å². The summed E-state index contributed by atoms with van der Waals surface area (Å²) < 4.78 is 5.33. The van der Waals surface area contributed by atoms with Gasteiger partial charge < -0.3 is 15.0 Å². The first-order valence-corrected chi connectivity index (χ1v) is 5.79. The van der Waals surface area contributed by atoms with E-state index in [1.807, 2.05) is 37.4 Å². The molecule has 92 valence electrons. The average Bonchev–Trinajstić information content (AvgIpc) is 2.29. The maximum Gasteiger partial charge on any atom is 0.256 e. The van der Waals surface area contributed by atoms with Gasteiger partial charge in [0.1, 0.15) is 0 Å². The van der Waals surface area contributed by atoms with Crippen LogP contribution in [0, 0.1) is 0 Å². The molecule has 0 aromatic heterocycles. The zero-order chi connectivity index (χ0) is 12.3. The summed E-state index contributed by atoms with van der Waals surface area (Å²) in [5.74, 6) is 0.0187. The third kappa shape index (κ3) is 2.48. The molecule has 1 aliphatic rings. The van der Waals surface area contributed by atoms with Gasteiger partial charge >= 0.3 is 0 Å². The topological polar surface area (TPSA) is 41.6 Å². The zero-order valence-corrected chi connectivity index (χ0v) is 10.2. The standard InChI is InChI=1S/C13H18N2O2/c1-15(11-8-14-9-11)13(16)12(17-2)10-6-4-3-5-7-10/h3-7,11-12,14H,8-9H2,1-2H3. The maximum absolute atomic E-state index is 12.3. The van der Waals surface area contributed by atoms with E-state index in [-0.39, 0.29) is 5.91 Å². The summed E-state index contributed by atoms with van der Waals surface area (Å²) >= 11 is 0. The second-order valence-electron chi connectivity index (χ2n) is 4.29. The molecule has 1 saturated heterocycles. The van der Waals surface area contributed by atoms with Gasteiger partial charge in [-0.2, -0.15) is 0 Å². The first-order chi connectivity index (χ1) is 8.24. The third-order valence-corrected chi connectivity index (χ3v) is 3.22. The normalized spacial score (nSPS) is 17.3. The van der Waals surface area contributed by atoms with Crippen molar-refractivity contribution in [3.63, 3.8) is 0 Å². The van der Waals surface area contributed by atoms with Crippen LogP contribution in [0.3, 0.4) is 0 Å². The predicted molar refractivity (Wildman–Crippen MR) is 65.6 cm³/mol. The van der Waals surface area contributed by atoms with Crippen molar-refractivity contribution in [2.75, 3.05) is 27.2 Å². The van der Waals surface area contributed by atoms with E-state index in [2.05, 4.69) is 5.32 Å². The minimum atomic E-state index is -0.498. The second kappa shape index (κ2) is 5.29. The van der Waals surface area contributed by atoms with Crippen molar-refractivity contribution in [1.29, 1.82) is 0 Å². The summed E-state index contributed by atoms with van der Waals surface area (Å²) in [7, 11) is 3.41. The van der Waals surface area contributed by atoms with Crippen LogP contribution in [0.15, 0.2) is 30.3 Å². The van der Waals surface area contributed by atoms with Gasteiger partial charge in [-0.1, -0.05) is 30.3 Å². The number of rotatable bonds is 4. The molecule has 1 unspecified atom stereocenters. The molecule has 1 aromatic rings. The van der Waals surface area contributed by atoms with E-state index in [1.54, 1.807) is 12.0 Å². The lowest BCUT2D eigenvalue weighted by Crippen LogP contribution is -2.58. The minimum absolute atomic E-state index is 0.0187. The Balaban J connectivity index is 2.10. The molecule has 0 radical (unpaired) electrons. The summed E-state index contributed by atoms with van der Waals surface area (Å²) in [5, 5.41) is 3.16. The lowest BCUT2D eigenvalue weighted by molar-refractivity contribution is -0.144. The van der Waals surface area contributed by atoms with Crippen LogP contribution in [0.2, 0.25) is 0 Å². The van der Waals surface area contributed by atoms with Gasteiger partial charge in [-0.25, -0.2) is 0 Å². The second-order valence-corrected chi connectivity index (χ2v) is 4.29. The number of nitrogens with one attached hydrogen (secondary N) is 1. The smallest absolute Gasteiger partial charge is 0.256 e. The highest BCUT2D eigenvalue weighted by molar-refractivity contribution is 5.82. The average molecular weight is 234 g/mol. The Hall–Kier alpha value is -1.39. The molecule has 0 bridgehead atoms. The van der Waals surface area contributed by atoms with Gasteiger partial charge in [0, 0.05) is 27.2 Å². The van der Waals surface area contributed by atoms with Gasteiger partial charge in [0.05, 0.1) is 6.04 Å². The van der Waals surface area contributed by atoms with Gasteiger partial charge in [-0.3, -0.25) is 4.79 Å². The zero-order valence-electron chi connectivity index (χ0n) is 10.2. The van der Waals surface area contributed by atoms with Crippen LogP contribution in [-0.2, 0) is 9.53 Å². The lowest BCUT2D eigenvalue weighted by Gasteiger charge is -2.37. The Morgan fingerprint density at radius 2 is 2.06 bits per heavy atom. The van der Waals surface area contributed by atoms with Crippen molar-refractivity contribution in [2.24, 2.45) is 0 Å². The van der Waals surface area contributed by atoms with Gasteiger partial charge in [0.15, 0.2) is 6.10 Å². The number of methoxy groups -OCH3 is 1. The van der Waals surface area contributed by atoms with Gasteiger partial charge in [0.25, 0.3) is 5.91 Å². The largest absolute Gasteiger partial charge is 0.367 e. The number of ether oxygens (including phenoxy) is 1. The van der Waals surface area contributed by atoms with Crippen LogP contribution < -0.4 is 5.32 Å². The lowest BCUT2D eigenvalue weighted by atomic mass is 10.1.